The first kappa shape index (κ1) is 9.51. The van der Waals surface area contributed by atoms with Gasteiger partial charge in [-0.2, -0.15) is 0 Å². The summed E-state index contributed by atoms with van der Waals surface area (Å²) in [5.41, 5.74) is 1.15. The Morgan fingerprint density at radius 1 is 1.33 bits per heavy atom. The van der Waals surface area contributed by atoms with E-state index in [0.29, 0.717) is 19.2 Å². The van der Waals surface area contributed by atoms with Crippen LogP contribution in [-0.4, -0.2) is 18.7 Å². The molecule has 2 amide bonds. The van der Waals surface area contributed by atoms with Crippen LogP contribution in [0.2, 0.25) is 0 Å². The molecule has 0 saturated heterocycles. The zero-order chi connectivity index (χ0) is 10.5. The number of hydrogen-bond donors (Lipinski definition) is 3. The third-order valence-electron chi connectivity index (χ3n) is 2.01. The van der Waals surface area contributed by atoms with Gasteiger partial charge >= 0.3 is 6.03 Å². The van der Waals surface area contributed by atoms with Crippen LogP contribution in [0.4, 0.5) is 4.79 Å². The van der Waals surface area contributed by atoms with E-state index in [1.807, 2.05) is 30.3 Å². The first-order valence-electron chi connectivity index (χ1n) is 4.72. The van der Waals surface area contributed by atoms with E-state index in [1.54, 1.807) is 0 Å². The van der Waals surface area contributed by atoms with Crippen molar-refractivity contribution in [2.45, 2.75) is 6.54 Å². The molecule has 5 heteroatoms. The standard InChI is InChI=1S/C10H12N4O/c15-10-13-7-12-9(14-10)11-6-8-4-2-1-3-5-8/h1-5H,6-7H2,(H3,11,12,13,14,15). The number of carbonyl (C=O) groups is 1. The fourth-order valence-corrected chi connectivity index (χ4v) is 1.26. The highest BCUT2D eigenvalue weighted by molar-refractivity contribution is 5.97. The summed E-state index contributed by atoms with van der Waals surface area (Å²) >= 11 is 0. The Labute approximate surface area is 87.6 Å². The zero-order valence-electron chi connectivity index (χ0n) is 8.16. The minimum Gasteiger partial charge on any atom is -0.352 e. The predicted molar refractivity (Wildman–Crippen MR) is 57.3 cm³/mol. The van der Waals surface area contributed by atoms with Crippen LogP contribution in [0.1, 0.15) is 5.56 Å². The number of benzene rings is 1. The van der Waals surface area contributed by atoms with Gasteiger partial charge in [-0.25, -0.2) is 9.79 Å². The first-order valence-corrected chi connectivity index (χ1v) is 4.72. The largest absolute Gasteiger partial charge is 0.352 e. The Kier molecular flexibility index (Phi) is 2.82. The molecule has 0 saturated carbocycles. The number of guanidine groups is 1. The van der Waals surface area contributed by atoms with E-state index < -0.39 is 0 Å². The smallest absolute Gasteiger partial charge is 0.323 e. The van der Waals surface area contributed by atoms with Crippen molar-refractivity contribution in [2.75, 3.05) is 6.67 Å². The molecule has 0 aliphatic carbocycles. The van der Waals surface area contributed by atoms with Crippen molar-refractivity contribution in [1.82, 2.24) is 16.0 Å². The van der Waals surface area contributed by atoms with Gasteiger partial charge in [-0.3, -0.25) is 5.32 Å². The number of rotatable bonds is 2. The minimum absolute atomic E-state index is 0.222. The molecular weight excluding hydrogens is 192 g/mol. The molecule has 78 valence electrons. The maximum Gasteiger partial charge on any atom is 0.323 e. The highest BCUT2D eigenvalue weighted by Gasteiger charge is 2.08. The van der Waals surface area contributed by atoms with E-state index in [4.69, 9.17) is 0 Å². The average Bonchev–Trinajstić information content (AvgIpc) is 2.28. The van der Waals surface area contributed by atoms with E-state index in [1.165, 1.54) is 0 Å². The Morgan fingerprint density at radius 2 is 2.13 bits per heavy atom. The van der Waals surface area contributed by atoms with Gasteiger partial charge in [0.25, 0.3) is 0 Å². The zero-order valence-corrected chi connectivity index (χ0v) is 8.16. The minimum atomic E-state index is -0.222. The van der Waals surface area contributed by atoms with Crippen molar-refractivity contribution >= 4 is 12.0 Å². The van der Waals surface area contributed by atoms with Gasteiger partial charge in [0.1, 0.15) is 6.67 Å². The molecule has 0 radical (unpaired) electrons. The van der Waals surface area contributed by atoms with Gasteiger partial charge in [-0.1, -0.05) is 30.3 Å². The number of nitrogens with one attached hydrogen (secondary N) is 3. The summed E-state index contributed by atoms with van der Waals surface area (Å²) in [5.74, 6) is 0.516. The van der Waals surface area contributed by atoms with Crippen LogP contribution in [0.25, 0.3) is 0 Å². The second-order valence-corrected chi connectivity index (χ2v) is 3.13. The SMILES string of the molecule is O=C1NCN=C(NCc2ccccc2)N1. The van der Waals surface area contributed by atoms with Gasteiger partial charge in [0.2, 0.25) is 5.96 Å². The molecule has 0 atom stereocenters. The molecule has 1 aromatic carbocycles. The lowest BCUT2D eigenvalue weighted by Crippen LogP contribution is -2.50. The van der Waals surface area contributed by atoms with Crippen molar-refractivity contribution < 1.29 is 4.79 Å². The molecule has 1 heterocycles. The fraction of sp³-hybridized carbons (Fsp3) is 0.200. The molecule has 0 unspecified atom stereocenters. The third kappa shape index (κ3) is 2.70. The highest BCUT2D eigenvalue weighted by atomic mass is 16.2. The number of amides is 2. The Morgan fingerprint density at radius 3 is 2.87 bits per heavy atom. The van der Waals surface area contributed by atoms with Gasteiger partial charge in [-0.05, 0) is 5.56 Å². The molecule has 15 heavy (non-hydrogen) atoms. The molecule has 1 aromatic rings. The summed E-state index contributed by atoms with van der Waals surface area (Å²) in [6.45, 7) is 0.975. The number of hydrogen-bond acceptors (Lipinski definition) is 3. The van der Waals surface area contributed by atoms with Crippen LogP contribution in [0.3, 0.4) is 0 Å². The Hall–Kier alpha value is -2.04. The molecule has 0 bridgehead atoms. The topological polar surface area (TPSA) is 65.5 Å². The van der Waals surface area contributed by atoms with Crippen molar-refractivity contribution in [3.63, 3.8) is 0 Å². The van der Waals surface area contributed by atoms with Crippen molar-refractivity contribution in [2.24, 2.45) is 4.99 Å². The molecular formula is C10H12N4O. The maximum absolute atomic E-state index is 10.9. The average molecular weight is 204 g/mol. The molecule has 5 nitrogen and oxygen atoms in total. The van der Waals surface area contributed by atoms with Crippen LogP contribution in [0, 0.1) is 0 Å². The lowest BCUT2D eigenvalue weighted by Gasteiger charge is -2.15. The number of nitrogens with zero attached hydrogens (tertiary/aromatic N) is 1. The first-order chi connectivity index (χ1) is 7.34. The number of aliphatic imine (C=N–C) groups is 1. The van der Waals surface area contributed by atoms with Crippen LogP contribution < -0.4 is 16.0 Å². The maximum atomic E-state index is 10.9. The predicted octanol–water partition coefficient (Wildman–Crippen LogP) is 0.402. The second-order valence-electron chi connectivity index (χ2n) is 3.13. The van der Waals surface area contributed by atoms with Gasteiger partial charge in [0.15, 0.2) is 0 Å². The summed E-state index contributed by atoms with van der Waals surface area (Å²) in [6, 6.07) is 9.71. The molecule has 1 aliphatic heterocycles. The molecule has 1 aliphatic rings. The summed E-state index contributed by atoms with van der Waals surface area (Å²) in [4.78, 5) is 15.0. The lowest BCUT2D eigenvalue weighted by molar-refractivity contribution is 0.244. The van der Waals surface area contributed by atoms with E-state index in [0.717, 1.165) is 5.56 Å². The molecule has 3 N–H and O–H groups in total. The van der Waals surface area contributed by atoms with E-state index in [9.17, 15) is 4.79 Å². The van der Waals surface area contributed by atoms with Gasteiger partial charge in [0, 0.05) is 6.54 Å². The van der Waals surface area contributed by atoms with Gasteiger partial charge in [0.05, 0.1) is 0 Å². The summed E-state index contributed by atoms with van der Waals surface area (Å²) in [7, 11) is 0. The van der Waals surface area contributed by atoms with Gasteiger partial charge < -0.3 is 10.6 Å². The fourth-order valence-electron chi connectivity index (χ4n) is 1.26. The van der Waals surface area contributed by atoms with E-state index in [2.05, 4.69) is 20.9 Å². The van der Waals surface area contributed by atoms with E-state index in [-0.39, 0.29) is 6.03 Å². The quantitative estimate of drug-likeness (QED) is 0.653. The Balaban J connectivity index is 1.88. The number of urea groups is 1. The van der Waals surface area contributed by atoms with Crippen LogP contribution in [0.15, 0.2) is 35.3 Å². The third-order valence-corrected chi connectivity index (χ3v) is 2.01. The lowest BCUT2D eigenvalue weighted by atomic mass is 10.2. The highest BCUT2D eigenvalue weighted by Crippen LogP contribution is 1.97. The Bertz CT molecular complexity index is 374. The second kappa shape index (κ2) is 4.45. The molecule has 0 aromatic heterocycles. The molecule has 0 fully saturated rings. The molecule has 2 rings (SSSR count). The van der Waals surface area contributed by atoms with Crippen LogP contribution >= 0.6 is 0 Å². The van der Waals surface area contributed by atoms with Crippen LogP contribution in [-0.2, 0) is 6.54 Å². The van der Waals surface area contributed by atoms with Gasteiger partial charge in [-0.15, -0.1) is 0 Å². The van der Waals surface area contributed by atoms with Crippen LogP contribution in [0.5, 0.6) is 0 Å². The normalized spacial score (nSPS) is 14.9. The molecule has 0 spiro atoms. The van der Waals surface area contributed by atoms with Crippen molar-refractivity contribution in [3.8, 4) is 0 Å². The summed E-state index contributed by atoms with van der Waals surface area (Å²) in [5, 5.41) is 8.15. The summed E-state index contributed by atoms with van der Waals surface area (Å²) < 4.78 is 0. The number of carbonyl (C=O) groups excluding carboxylic acids is 1. The van der Waals surface area contributed by atoms with Crippen molar-refractivity contribution in [3.05, 3.63) is 35.9 Å². The van der Waals surface area contributed by atoms with E-state index >= 15 is 0 Å². The van der Waals surface area contributed by atoms with Crippen molar-refractivity contribution in [1.29, 1.82) is 0 Å². The summed E-state index contributed by atoms with van der Waals surface area (Å²) in [6.07, 6.45) is 0. The monoisotopic (exact) mass is 204 g/mol.